The molecular weight excluding hydrogens is 140 g/mol. The minimum absolute atomic E-state index is 0.688. The highest BCUT2D eigenvalue weighted by Crippen LogP contribution is 2.18. The summed E-state index contributed by atoms with van der Waals surface area (Å²) in [5, 5.41) is 0. The van der Waals surface area contributed by atoms with Crippen LogP contribution in [0.3, 0.4) is 0 Å². The van der Waals surface area contributed by atoms with Crippen LogP contribution in [0.2, 0.25) is 0 Å². The second-order valence-electron chi connectivity index (χ2n) is 3.20. The van der Waals surface area contributed by atoms with Crippen LogP contribution < -0.4 is 0 Å². The Hall–Kier alpha value is -0.660. The Morgan fingerprint density at radius 2 is 1.73 bits per heavy atom. The van der Waals surface area contributed by atoms with E-state index in [9.17, 15) is 9.59 Å². The van der Waals surface area contributed by atoms with Crippen LogP contribution in [0.5, 0.6) is 0 Å². The van der Waals surface area contributed by atoms with Gasteiger partial charge in [-0.25, -0.2) is 0 Å². The van der Waals surface area contributed by atoms with Gasteiger partial charge >= 0.3 is 0 Å². The van der Waals surface area contributed by atoms with E-state index in [2.05, 4.69) is 6.92 Å². The number of hydrogen-bond acceptors (Lipinski definition) is 2. The summed E-state index contributed by atoms with van der Waals surface area (Å²) in [6, 6.07) is 0. The molecule has 0 aromatic rings. The molecule has 0 aromatic carbocycles. The van der Waals surface area contributed by atoms with Gasteiger partial charge in [0.25, 0.3) is 0 Å². The molecule has 0 amide bonds. The van der Waals surface area contributed by atoms with Crippen molar-refractivity contribution in [3.05, 3.63) is 0 Å². The van der Waals surface area contributed by atoms with Gasteiger partial charge in [0.15, 0.2) is 0 Å². The molecule has 2 nitrogen and oxygen atoms in total. The van der Waals surface area contributed by atoms with Crippen molar-refractivity contribution in [2.45, 2.75) is 39.5 Å². The number of rotatable bonds is 6. The predicted octanol–water partition coefficient (Wildman–Crippen LogP) is 1.97. The monoisotopic (exact) mass is 156 g/mol. The summed E-state index contributed by atoms with van der Waals surface area (Å²) in [7, 11) is 0. The number of hydrogen-bond donors (Lipinski definition) is 0. The second-order valence-corrected chi connectivity index (χ2v) is 3.20. The molecule has 11 heavy (non-hydrogen) atoms. The zero-order valence-corrected chi connectivity index (χ0v) is 7.30. The predicted molar refractivity (Wildman–Crippen MR) is 44.4 cm³/mol. The maximum absolute atomic E-state index is 10.4. The van der Waals surface area contributed by atoms with Crippen molar-refractivity contribution in [3.8, 4) is 0 Å². The minimum Gasteiger partial charge on any atom is -0.302 e. The van der Waals surface area contributed by atoms with Gasteiger partial charge in [0.2, 0.25) is 0 Å². The van der Waals surface area contributed by atoms with Crippen LogP contribution in [-0.4, -0.2) is 12.6 Å². The smallest absolute Gasteiger partial charge is 0.132 e. The lowest BCUT2D eigenvalue weighted by Crippen LogP contribution is -2.19. The lowest BCUT2D eigenvalue weighted by molar-refractivity contribution is -0.125. The molecule has 0 saturated carbocycles. The van der Waals surface area contributed by atoms with E-state index in [1.807, 2.05) is 0 Å². The van der Waals surface area contributed by atoms with Crippen molar-refractivity contribution in [2.24, 2.45) is 5.41 Å². The summed E-state index contributed by atoms with van der Waals surface area (Å²) in [6.07, 6.45) is 5.36. The first-order valence-corrected chi connectivity index (χ1v) is 4.11. The highest BCUT2D eigenvalue weighted by atomic mass is 16.1. The SMILES string of the molecule is CCCCCC(C)(C=O)C=O. The molecule has 0 aliphatic carbocycles. The topological polar surface area (TPSA) is 34.1 Å². The van der Waals surface area contributed by atoms with Crippen molar-refractivity contribution in [1.82, 2.24) is 0 Å². The van der Waals surface area contributed by atoms with Crippen molar-refractivity contribution < 1.29 is 9.59 Å². The Labute approximate surface area is 68.0 Å². The fourth-order valence-corrected chi connectivity index (χ4v) is 0.902. The number of carbonyl (C=O) groups is 2. The van der Waals surface area contributed by atoms with E-state index in [1.54, 1.807) is 6.92 Å². The van der Waals surface area contributed by atoms with Gasteiger partial charge in [-0.3, -0.25) is 0 Å². The number of carbonyl (C=O) groups excluding carboxylic acids is 2. The van der Waals surface area contributed by atoms with Gasteiger partial charge in [0.05, 0.1) is 5.41 Å². The van der Waals surface area contributed by atoms with Gasteiger partial charge in [0.1, 0.15) is 12.6 Å². The van der Waals surface area contributed by atoms with E-state index in [0.717, 1.165) is 31.8 Å². The third-order valence-corrected chi connectivity index (χ3v) is 1.86. The quantitative estimate of drug-likeness (QED) is 0.335. The van der Waals surface area contributed by atoms with Gasteiger partial charge in [-0.05, 0) is 13.3 Å². The first-order valence-electron chi connectivity index (χ1n) is 4.11. The lowest BCUT2D eigenvalue weighted by atomic mass is 9.88. The van der Waals surface area contributed by atoms with Gasteiger partial charge in [-0.1, -0.05) is 26.2 Å². The average molecular weight is 156 g/mol. The first-order chi connectivity index (χ1) is 5.18. The molecule has 0 heterocycles. The van der Waals surface area contributed by atoms with Crippen LogP contribution in [0.25, 0.3) is 0 Å². The van der Waals surface area contributed by atoms with Crippen LogP contribution in [0.4, 0.5) is 0 Å². The molecule has 0 spiro atoms. The second kappa shape index (κ2) is 5.05. The third kappa shape index (κ3) is 3.91. The molecule has 0 fully saturated rings. The average Bonchev–Trinajstić information content (AvgIpc) is 2.05. The van der Waals surface area contributed by atoms with Crippen LogP contribution in [-0.2, 0) is 9.59 Å². The van der Waals surface area contributed by atoms with E-state index in [1.165, 1.54) is 0 Å². The highest BCUT2D eigenvalue weighted by molar-refractivity contribution is 5.82. The van der Waals surface area contributed by atoms with E-state index in [-0.39, 0.29) is 0 Å². The fraction of sp³-hybridized carbons (Fsp3) is 0.778. The summed E-state index contributed by atoms with van der Waals surface area (Å²) in [4.78, 5) is 20.8. The minimum atomic E-state index is -0.727. The van der Waals surface area contributed by atoms with Crippen molar-refractivity contribution in [1.29, 1.82) is 0 Å². The molecule has 0 N–H and O–H groups in total. The summed E-state index contributed by atoms with van der Waals surface area (Å²) in [5.41, 5.74) is -0.727. The molecular formula is C9H16O2. The van der Waals surface area contributed by atoms with Crippen LogP contribution in [0.1, 0.15) is 39.5 Å². The van der Waals surface area contributed by atoms with Crippen LogP contribution in [0, 0.1) is 5.41 Å². The van der Waals surface area contributed by atoms with E-state index in [0.29, 0.717) is 6.42 Å². The van der Waals surface area contributed by atoms with Crippen LogP contribution >= 0.6 is 0 Å². The van der Waals surface area contributed by atoms with Crippen molar-refractivity contribution in [3.63, 3.8) is 0 Å². The number of unbranched alkanes of at least 4 members (excludes halogenated alkanes) is 2. The molecule has 0 saturated heterocycles. The Morgan fingerprint density at radius 1 is 1.18 bits per heavy atom. The summed E-state index contributed by atoms with van der Waals surface area (Å²) >= 11 is 0. The molecule has 64 valence electrons. The van der Waals surface area contributed by atoms with E-state index >= 15 is 0 Å². The molecule has 0 aromatic heterocycles. The zero-order valence-electron chi connectivity index (χ0n) is 7.30. The molecule has 0 aliphatic rings. The van der Waals surface area contributed by atoms with Gasteiger partial charge in [0, 0.05) is 0 Å². The maximum atomic E-state index is 10.4. The molecule has 2 heteroatoms. The fourth-order valence-electron chi connectivity index (χ4n) is 0.902. The largest absolute Gasteiger partial charge is 0.302 e. The normalized spacial score (nSPS) is 11.1. The van der Waals surface area contributed by atoms with Gasteiger partial charge < -0.3 is 9.59 Å². The molecule has 0 radical (unpaired) electrons. The first kappa shape index (κ1) is 10.3. The Kier molecular flexibility index (Phi) is 4.75. The van der Waals surface area contributed by atoms with Crippen molar-refractivity contribution in [2.75, 3.05) is 0 Å². The standard InChI is InChI=1S/C9H16O2/c1-3-4-5-6-9(2,7-10)8-11/h7-8H,3-6H2,1-2H3. The summed E-state index contributed by atoms with van der Waals surface area (Å²) < 4.78 is 0. The van der Waals surface area contributed by atoms with E-state index in [4.69, 9.17) is 0 Å². The Morgan fingerprint density at radius 3 is 2.09 bits per heavy atom. The molecule has 0 atom stereocenters. The van der Waals surface area contributed by atoms with Crippen molar-refractivity contribution >= 4 is 12.6 Å². The third-order valence-electron chi connectivity index (χ3n) is 1.86. The zero-order chi connectivity index (χ0) is 8.74. The lowest BCUT2D eigenvalue weighted by Gasteiger charge is -2.13. The molecule has 0 unspecified atom stereocenters. The van der Waals surface area contributed by atoms with E-state index < -0.39 is 5.41 Å². The maximum Gasteiger partial charge on any atom is 0.132 e. The molecule has 0 bridgehead atoms. The molecule has 0 aliphatic heterocycles. The molecule has 0 rings (SSSR count). The van der Waals surface area contributed by atoms with Gasteiger partial charge in [-0.2, -0.15) is 0 Å². The Bertz CT molecular complexity index is 122. The Balaban J connectivity index is 3.69. The van der Waals surface area contributed by atoms with Gasteiger partial charge in [-0.15, -0.1) is 0 Å². The number of aldehydes is 2. The summed E-state index contributed by atoms with van der Waals surface area (Å²) in [5.74, 6) is 0. The highest BCUT2D eigenvalue weighted by Gasteiger charge is 2.21. The van der Waals surface area contributed by atoms with Crippen LogP contribution in [0.15, 0.2) is 0 Å². The summed E-state index contributed by atoms with van der Waals surface area (Å²) in [6.45, 7) is 3.78.